The van der Waals surface area contributed by atoms with E-state index >= 15 is 0 Å². The molecule has 0 aromatic carbocycles. The van der Waals surface area contributed by atoms with Gasteiger partial charge in [0.2, 0.25) is 0 Å². The third-order valence-corrected chi connectivity index (χ3v) is 0. The van der Waals surface area contributed by atoms with E-state index in [0.717, 1.165) is 0 Å². The number of hydrogen-bond donors (Lipinski definition) is 0. The number of rotatable bonds is 0. The average molecular weight is 277 g/mol. The largest absolute Gasteiger partial charge is 0.724 e. The van der Waals surface area contributed by atoms with E-state index in [9.17, 15) is 0 Å². The van der Waals surface area contributed by atoms with Gasteiger partial charge in [-0.3, -0.25) is 9.59 Å². The van der Waals surface area contributed by atoms with Crippen LogP contribution in [-0.4, -0.2) is 12.2 Å². The zero-order valence-corrected chi connectivity index (χ0v) is 2.71. The third kappa shape index (κ3) is 1820. The summed E-state index contributed by atoms with van der Waals surface area (Å²) < 4.78 is 0. The van der Waals surface area contributed by atoms with E-state index in [0.29, 0.717) is 12.2 Å². The van der Waals surface area contributed by atoms with Crippen LogP contribution in [0.5, 0.6) is 0 Å². The highest BCUT2D eigenvalue weighted by Crippen LogP contribution is 0.952. The lowest BCUT2D eigenvalue weighted by Gasteiger charge is -1.32. The Balaban J connectivity index is -0.000000000889. The van der Waals surface area contributed by atoms with Gasteiger partial charge in [-0.25, -0.2) is 0 Å². The van der Waals surface area contributed by atoms with E-state index in [1.807, 2.05) is 0 Å². The molecule has 0 rings (SSSR count). The molecule has 4 nitrogen and oxygen atoms in total. The number of isocyanates is 2. The van der Waals surface area contributed by atoms with Gasteiger partial charge in [-0.1, -0.05) is 89.1 Å². The van der Waals surface area contributed by atoms with Crippen LogP contribution in [0.4, 0.5) is 0 Å². The van der Waals surface area contributed by atoms with E-state index in [1.165, 1.54) is 0 Å². The quantitative estimate of drug-likeness (QED) is 0.341. The van der Waals surface area contributed by atoms with Crippen molar-refractivity contribution in [1.82, 2.24) is 0 Å². The Morgan fingerprint density at radius 2 is 0.389 bits per heavy atom. The van der Waals surface area contributed by atoms with Crippen LogP contribution < -0.4 is 0 Å². The van der Waals surface area contributed by atoms with Gasteiger partial charge in [-0.2, -0.15) is 0 Å². The maximum Gasteiger partial charge on any atom is -0.0159 e. The molecule has 0 radical (unpaired) electrons. The minimum Gasteiger partial charge on any atom is -0.724 e. The molecule has 0 heterocycles. The molecule has 0 aromatic rings. The van der Waals surface area contributed by atoms with Crippen molar-refractivity contribution in [2.75, 3.05) is 0 Å². The SMILES string of the molecule is C.C.C.C.C.C.C.C.C.C.C.C.[N-]=C=O.[N-]=C=O. The van der Waals surface area contributed by atoms with Gasteiger partial charge in [0.1, 0.15) is 0 Å². The molecule has 0 saturated carbocycles. The highest BCUT2D eigenvalue weighted by atomic mass is 16.1. The van der Waals surface area contributed by atoms with Crippen LogP contribution in [0.15, 0.2) is 0 Å². The first-order valence-electron chi connectivity index (χ1n) is 0.855. The Morgan fingerprint density at radius 3 is 0.389 bits per heavy atom. The zero-order chi connectivity index (χ0) is 5.41. The molecule has 0 aliphatic heterocycles. The molecule has 0 atom stereocenters. The summed E-state index contributed by atoms with van der Waals surface area (Å²) in [4.78, 5) is 16.5. The second-order valence-electron chi connectivity index (χ2n) is 0.183. The van der Waals surface area contributed by atoms with Crippen LogP contribution in [0, 0.1) is 0 Å². The zero-order valence-electron chi connectivity index (χ0n) is 2.71. The minimum absolute atomic E-state index is 0. The Bertz CT molecular complexity index is 71.8. The molecule has 0 saturated heterocycles. The van der Waals surface area contributed by atoms with Gasteiger partial charge < -0.3 is 10.8 Å². The van der Waals surface area contributed by atoms with Gasteiger partial charge in [0.25, 0.3) is 0 Å². The molecule has 128 valence electrons. The van der Waals surface area contributed by atoms with E-state index in [4.69, 9.17) is 20.4 Å². The van der Waals surface area contributed by atoms with Crippen molar-refractivity contribution in [3.05, 3.63) is 10.8 Å². The summed E-state index contributed by atoms with van der Waals surface area (Å²) in [6, 6.07) is 0. The van der Waals surface area contributed by atoms with Crippen molar-refractivity contribution < 1.29 is 9.59 Å². The molecule has 4 heteroatoms. The first-order chi connectivity index (χ1) is 2.83. The molecule has 0 N–H and O–H groups in total. The van der Waals surface area contributed by atoms with Gasteiger partial charge in [0.15, 0.2) is 0 Å². The summed E-state index contributed by atoms with van der Waals surface area (Å²) in [5.41, 5.74) is 0. The predicted molar refractivity (Wildman–Crippen MR) is 98.9 cm³/mol. The third-order valence-electron chi connectivity index (χ3n) is 0. The minimum atomic E-state index is 0. The Kier molecular flexibility index (Phi) is 180000. The Hall–Kier alpha value is -1.24. The van der Waals surface area contributed by atoms with Crippen molar-refractivity contribution in [2.24, 2.45) is 0 Å². The molecule has 0 aliphatic rings. The molecular weight excluding hydrogens is 228 g/mol. The number of nitrogens with zero attached hydrogens (tertiary/aromatic N) is 2. The van der Waals surface area contributed by atoms with Crippen molar-refractivity contribution in [3.8, 4) is 0 Å². The van der Waals surface area contributed by atoms with Gasteiger partial charge in [0.05, 0.1) is 0 Å². The molecule has 0 amide bonds. The first-order valence-corrected chi connectivity index (χ1v) is 0.855. The lowest BCUT2D eigenvalue weighted by Crippen LogP contribution is -1.13. The lowest BCUT2D eigenvalue weighted by molar-refractivity contribution is 0.568. The van der Waals surface area contributed by atoms with Crippen LogP contribution >= 0.6 is 0 Å². The van der Waals surface area contributed by atoms with Gasteiger partial charge in [0, 0.05) is 0 Å². The Labute approximate surface area is 122 Å². The van der Waals surface area contributed by atoms with Crippen molar-refractivity contribution >= 4 is 12.2 Å². The molecule has 0 fully saturated rings. The smallest absolute Gasteiger partial charge is 0.0159 e. The van der Waals surface area contributed by atoms with E-state index in [1.54, 1.807) is 0 Å². The maximum atomic E-state index is 8.24. The summed E-state index contributed by atoms with van der Waals surface area (Å²) in [5, 5.41) is 13.5. The molecule has 0 aromatic heterocycles. The van der Waals surface area contributed by atoms with E-state index in [2.05, 4.69) is 0 Å². The molecule has 0 spiro atoms. The summed E-state index contributed by atoms with van der Waals surface area (Å²) >= 11 is 0. The highest BCUT2D eigenvalue weighted by Gasteiger charge is 0.794. The van der Waals surface area contributed by atoms with Gasteiger partial charge in [-0.05, 0) is 12.2 Å². The second kappa shape index (κ2) is 5940. The van der Waals surface area contributed by atoms with Crippen LogP contribution in [0.3, 0.4) is 0 Å². The summed E-state index contributed by atoms with van der Waals surface area (Å²) in [5.74, 6) is 0. The van der Waals surface area contributed by atoms with E-state index < -0.39 is 0 Å². The number of hydrogen-bond acceptors (Lipinski definition) is 2. The highest BCUT2D eigenvalue weighted by molar-refractivity contribution is 5.37. The first kappa shape index (κ1) is 546. The van der Waals surface area contributed by atoms with Crippen molar-refractivity contribution in [2.45, 2.75) is 89.1 Å². The summed E-state index contributed by atoms with van der Waals surface area (Å²) in [6.45, 7) is 0. The number of carbonyl (C=O) groups excluding carboxylic acids is 2. The fourth-order valence-electron chi connectivity index (χ4n) is 0. The normalized spacial score (nSPS) is 0.889. The second-order valence-corrected chi connectivity index (χ2v) is 0.183. The van der Waals surface area contributed by atoms with Gasteiger partial charge >= 0.3 is 0 Å². The fourth-order valence-corrected chi connectivity index (χ4v) is 0. The van der Waals surface area contributed by atoms with Crippen molar-refractivity contribution in [1.29, 1.82) is 0 Å². The van der Waals surface area contributed by atoms with Crippen LogP contribution in [0.2, 0.25) is 0 Å². The predicted octanol–water partition coefficient (Wildman–Crippen LogP) is 7.42. The average Bonchev–Trinajstić information content (AvgIpc) is 1.39. The molecule has 0 unspecified atom stereocenters. The molecular formula is C14H48N2O2-2. The monoisotopic (exact) mass is 276 g/mol. The standard InChI is InChI=1S/2CNO.12CH4/c2*2-1-3;;;;;;;;;;;;/h;;12*1H4/q2*-1;;;;;;;;;;;;. The fraction of sp³-hybridized carbons (Fsp3) is 0.857. The molecule has 0 bridgehead atoms. The topological polar surface area (TPSA) is 78.7 Å². The van der Waals surface area contributed by atoms with Crippen molar-refractivity contribution in [3.63, 3.8) is 0 Å². The van der Waals surface area contributed by atoms with Crippen LogP contribution in [-0.2, 0) is 9.59 Å². The van der Waals surface area contributed by atoms with Crippen LogP contribution in [0.1, 0.15) is 89.1 Å². The maximum absolute atomic E-state index is 8.24. The summed E-state index contributed by atoms with van der Waals surface area (Å²) in [7, 11) is 0. The van der Waals surface area contributed by atoms with Gasteiger partial charge in [-0.15, -0.1) is 0 Å². The van der Waals surface area contributed by atoms with Crippen LogP contribution in [0.25, 0.3) is 10.8 Å². The Morgan fingerprint density at radius 1 is 0.389 bits per heavy atom. The summed E-state index contributed by atoms with van der Waals surface area (Å²) in [6.07, 6.45) is 1.00. The lowest BCUT2D eigenvalue weighted by atomic mass is 11.7. The van der Waals surface area contributed by atoms with E-state index in [-0.39, 0.29) is 89.1 Å². The molecule has 18 heavy (non-hydrogen) atoms. The molecule has 0 aliphatic carbocycles.